The Balaban J connectivity index is 2.24. The average Bonchev–Trinajstić information content (AvgIpc) is 1.56. The van der Waals surface area contributed by atoms with E-state index in [2.05, 4.69) is 13.8 Å². The van der Waals surface area contributed by atoms with Crippen LogP contribution in [0, 0.1) is 17.8 Å². The van der Waals surface area contributed by atoms with E-state index in [0.29, 0.717) is 0 Å². The standard InChI is InChI=1S/C8H15NO/c1-5(2)6-3-7(4-6)8(9)10/h5-7H,3-4H2,1-2H3,(H2,9,10)/t6-,7-. The molecule has 1 rings (SSSR count). The van der Waals surface area contributed by atoms with E-state index in [1.165, 1.54) is 0 Å². The molecule has 0 bridgehead atoms. The molecule has 0 aromatic carbocycles. The van der Waals surface area contributed by atoms with Crippen LogP contribution >= 0.6 is 0 Å². The number of carbonyl (C=O) groups is 1. The first-order valence-electron chi connectivity index (χ1n) is 3.90. The van der Waals surface area contributed by atoms with Gasteiger partial charge < -0.3 is 5.73 Å². The maximum Gasteiger partial charge on any atom is 0.220 e. The second-order valence-electron chi connectivity index (χ2n) is 3.57. The van der Waals surface area contributed by atoms with Gasteiger partial charge in [-0.15, -0.1) is 0 Å². The topological polar surface area (TPSA) is 43.1 Å². The van der Waals surface area contributed by atoms with Crippen LogP contribution < -0.4 is 5.73 Å². The molecular weight excluding hydrogens is 126 g/mol. The molecule has 2 nitrogen and oxygen atoms in total. The first-order valence-corrected chi connectivity index (χ1v) is 3.90. The van der Waals surface area contributed by atoms with Crippen molar-refractivity contribution in [3.8, 4) is 0 Å². The van der Waals surface area contributed by atoms with Gasteiger partial charge in [0.25, 0.3) is 0 Å². The summed E-state index contributed by atoms with van der Waals surface area (Å²) in [5.41, 5.74) is 5.12. The van der Waals surface area contributed by atoms with Crippen LogP contribution in [0.5, 0.6) is 0 Å². The molecule has 10 heavy (non-hydrogen) atoms. The Labute approximate surface area is 61.8 Å². The fourth-order valence-corrected chi connectivity index (χ4v) is 1.44. The van der Waals surface area contributed by atoms with Gasteiger partial charge in [-0.2, -0.15) is 0 Å². The fourth-order valence-electron chi connectivity index (χ4n) is 1.44. The largest absolute Gasteiger partial charge is 0.369 e. The van der Waals surface area contributed by atoms with Crippen molar-refractivity contribution >= 4 is 5.91 Å². The van der Waals surface area contributed by atoms with Crippen molar-refractivity contribution in [3.05, 3.63) is 0 Å². The Morgan fingerprint density at radius 2 is 2.00 bits per heavy atom. The molecule has 1 saturated carbocycles. The Kier molecular flexibility index (Phi) is 1.97. The SMILES string of the molecule is CC(C)[C@H]1C[C@H](C(N)=O)C1. The van der Waals surface area contributed by atoms with Gasteiger partial charge in [0.15, 0.2) is 0 Å². The van der Waals surface area contributed by atoms with Crippen molar-refractivity contribution in [2.45, 2.75) is 26.7 Å². The van der Waals surface area contributed by atoms with E-state index in [9.17, 15) is 4.79 Å². The third kappa shape index (κ3) is 1.31. The number of nitrogens with two attached hydrogens (primary N) is 1. The molecule has 0 heterocycles. The third-order valence-electron chi connectivity index (χ3n) is 2.52. The van der Waals surface area contributed by atoms with Crippen LogP contribution in [0.1, 0.15) is 26.7 Å². The van der Waals surface area contributed by atoms with E-state index in [1.807, 2.05) is 0 Å². The molecule has 2 N–H and O–H groups in total. The lowest BCUT2D eigenvalue weighted by Gasteiger charge is -2.35. The maximum absolute atomic E-state index is 10.6. The zero-order valence-electron chi connectivity index (χ0n) is 6.63. The van der Waals surface area contributed by atoms with Crippen molar-refractivity contribution < 1.29 is 4.79 Å². The van der Waals surface area contributed by atoms with Crippen molar-refractivity contribution in [2.24, 2.45) is 23.5 Å². The number of hydrogen-bond acceptors (Lipinski definition) is 1. The lowest BCUT2D eigenvalue weighted by molar-refractivity contribution is -0.126. The van der Waals surface area contributed by atoms with Gasteiger partial charge in [0.1, 0.15) is 0 Å². The molecule has 0 saturated heterocycles. The predicted octanol–water partition coefficient (Wildman–Crippen LogP) is 1.15. The van der Waals surface area contributed by atoms with E-state index in [4.69, 9.17) is 5.73 Å². The summed E-state index contributed by atoms with van der Waals surface area (Å²) in [5, 5.41) is 0. The Morgan fingerprint density at radius 1 is 1.50 bits per heavy atom. The minimum absolute atomic E-state index is 0.114. The van der Waals surface area contributed by atoms with Gasteiger partial charge in [0.2, 0.25) is 5.91 Å². The van der Waals surface area contributed by atoms with E-state index in [0.717, 1.165) is 24.7 Å². The zero-order chi connectivity index (χ0) is 7.72. The Bertz CT molecular complexity index is 136. The molecule has 0 spiro atoms. The molecule has 0 radical (unpaired) electrons. The second kappa shape index (κ2) is 2.60. The molecule has 1 aliphatic rings. The highest BCUT2D eigenvalue weighted by Crippen LogP contribution is 2.38. The van der Waals surface area contributed by atoms with Crippen molar-refractivity contribution in [1.82, 2.24) is 0 Å². The Morgan fingerprint density at radius 3 is 2.30 bits per heavy atom. The van der Waals surface area contributed by atoms with Crippen LogP contribution in [-0.2, 0) is 4.79 Å². The lowest BCUT2D eigenvalue weighted by Crippen LogP contribution is -2.37. The smallest absolute Gasteiger partial charge is 0.220 e. The van der Waals surface area contributed by atoms with Gasteiger partial charge in [-0.3, -0.25) is 4.79 Å². The predicted molar refractivity (Wildman–Crippen MR) is 40.2 cm³/mol. The van der Waals surface area contributed by atoms with Gasteiger partial charge >= 0.3 is 0 Å². The van der Waals surface area contributed by atoms with Crippen molar-refractivity contribution in [1.29, 1.82) is 0 Å². The molecule has 1 amide bonds. The molecule has 1 aliphatic carbocycles. The molecule has 0 atom stereocenters. The molecule has 58 valence electrons. The maximum atomic E-state index is 10.6. The quantitative estimate of drug-likeness (QED) is 0.616. The summed E-state index contributed by atoms with van der Waals surface area (Å²) in [7, 11) is 0. The van der Waals surface area contributed by atoms with E-state index in [1.54, 1.807) is 0 Å². The third-order valence-corrected chi connectivity index (χ3v) is 2.52. The van der Waals surface area contributed by atoms with Crippen LogP contribution in [-0.4, -0.2) is 5.91 Å². The summed E-state index contributed by atoms with van der Waals surface area (Å²) in [4.78, 5) is 10.6. The lowest BCUT2D eigenvalue weighted by atomic mass is 9.69. The second-order valence-corrected chi connectivity index (χ2v) is 3.57. The molecule has 0 aromatic heterocycles. The minimum Gasteiger partial charge on any atom is -0.369 e. The number of amides is 1. The number of primary amides is 1. The first kappa shape index (κ1) is 7.58. The summed E-state index contributed by atoms with van der Waals surface area (Å²) < 4.78 is 0. The van der Waals surface area contributed by atoms with Crippen LogP contribution in [0.15, 0.2) is 0 Å². The summed E-state index contributed by atoms with van der Waals surface area (Å²) >= 11 is 0. The van der Waals surface area contributed by atoms with Crippen LogP contribution in [0.3, 0.4) is 0 Å². The fraction of sp³-hybridized carbons (Fsp3) is 0.875. The van der Waals surface area contributed by atoms with Gasteiger partial charge in [0, 0.05) is 5.92 Å². The van der Waals surface area contributed by atoms with Crippen LogP contribution in [0.2, 0.25) is 0 Å². The molecule has 1 fully saturated rings. The van der Waals surface area contributed by atoms with E-state index < -0.39 is 0 Å². The van der Waals surface area contributed by atoms with Crippen LogP contribution in [0.4, 0.5) is 0 Å². The summed E-state index contributed by atoms with van der Waals surface area (Å²) in [6.45, 7) is 4.39. The highest BCUT2D eigenvalue weighted by atomic mass is 16.1. The average molecular weight is 141 g/mol. The summed E-state index contributed by atoms with van der Waals surface area (Å²) in [6.07, 6.45) is 2.04. The van der Waals surface area contributed by atoms with Gasteiger partial charge in [-0.05, 0) is 24.7 Å². The van der Waals surface area contributed by atoms with Gasteiger partial charge in [-0.25, -0.2) is 0 Å². The zero-order valence-corrected chi connectivity index (χ0v) is 6.63. The van der Waals surface area contributed by atoms with Crippen LogP contribution in [0.25, 0.3) is 0 Å². The Hall–Kier alpha value is -0.530. The first-order chi connectivity index (χ1) is 4.61. The normalized spacial score (nSPS) is 31.9. The van der Waals surface area contributed by atoms with Gasteiger partial charge in [0.05, 0.1) is 0 Å². The highest BCUT2D eigenvalue weighted by molar-refractivity contribution is 5.77. The molecule has 0 aromatic rings. The van der Waals surface area contributed by atoms with Gasteiger partial charge in [-0.1, -0.05) is 13.8 Å². The summed E-state index contributed by atoms with van der Waals surface area (Å²) in [6, 6.07) is 0. The molecule has 0 unspecified atom stereocenters. The minimum atomic E-state index is -0.114. The van der Waals surface area contributed by atoms with Crippen molar-refractivity contribution in [2.75, 3.05) is 0 Å². The molecule has 2 heteroatoms. The summed E-state index contributed by atoms with van der Waals surface area (Å²) in [5.74, 6) is 1.54. The molecular formula is C8H15NO. The monoisotopic (exact) mass is 141 g/mol. The number of hydrogen-bond donors (Lipinski definition) is 1. The van der Waals surface area contributed by atoms with E-state index >= 15 is 0 Å². The van der Waals surface area contributed by atoms with E-state index in [-0.39, 0.29) is 11.8 Å². The highest BCUT2D eigenvalue weighted by Gasteiger charge is 2.34. The number of carbonyl (C=O) groups excluding carboxylic acids is 1. The molecule has 0 aliphatic heterocycles. The number of rotatable bonds is 2. The van der Waals surface area contributed by atoms with Crippen molar-refractivity contribution in [3.63, 3.8) is 0 Å².